The molecule has 0 saturated carbocycles. The molecule has 0 radical (unpaired) electrons. The zero-order chi connectivity index (χ0) is 9.84. The van der Waals surface area contributed by atoms with E-state index in [1.54, 1.807) is 0 Å². The van der Waals surface area contributed by atoms with Crippen molar-refractivity contribution in [1.82, 2.24) is 0 Å². The zero-order valence-electron chi connectivity index (χ0n) is 6.98. The molecule has 0 amide bonds. The Bertz CT molecular complexity index is 384. The summed E-state index contributed by atoms with van der Waals surface area (Å²) in [7, 11) is 1.41. The first-order valence-corrected chi connectivity index (χ1v) is 3.56. The lowest BCUT2D eigenvalue weighted by Crippen LogP contribution is -1.99. The molecule has 4 heteroatoms. The van der Waals surface area contributed by atoms with Gasteiger partial charge in [0, 0.05) is 6.07 Å². The van der Waals surface area contributed by atoms with E-state index < -0.39 is 5.97 Å². The second kappa shape index (κ2) is 3.71. The van der Waals surface area contributed by atoms with Crippen molar-refractivity contribution in [1.29, 1.82) is 0 Å². The number of hydrogen-bond acceptors (Lipinski definition) is 3. The van der Waals surface area contributed by atoms with Gasteiger partial charge in [0.25, 0.3) is 0 Å². The van der Waals surface area contributed by atoms with Crippen molar-refractivity contribution in [3.8, 4) is 5.75 Å². The highest BCUT2D eigenvalue weighted by atomic mass is 16.5. The van der Waals surface area contributed by atoms with E-state index in [1.165, 1.54) is 25.3 Å². The molecule has 0 atom stereocenters. The standard InChI is InChI=1S/C9H8O4/c1-13-8-3-2-7(10)4-6(5-8)9(11)12/h2-5H,1H3,(H,11,12). The Labute approximate surface area is 74.4 Å². The Hall–Kier alpha value is -1.84. The number of carboxylic acids is 1. The van der Waals surface area contributed by atoms with Crippen LogP contribution in [-0.4, -0.2) is 18.2 Å². The first-order valence-electron chi connectivity index (χ1n) is 3.56. The molecule has 1 N–H and O–H groups in total. The predicted molar refractivity (Wildman–Crippen MR) is 46.2 cm³/mol. The van der Waals surface area contributed by atoms with Crippen LogP contribution in [-0.2, 0) is 0 Å². The third-order valence-corrected chi connectivity index (χ3v) is 1.49. The molecular weight excluding hydrogens is 172 g/mol. The largest absolute Gasteiger partial charge is 0.497 e. The summed E-state index contributed by atoms with van der Waals surface area (Å²) in [6.45, 7) is 0. The van der Waals surface area contributed by atoms with Gasteiger partial charge in [-0.15, -0.1) is 0 Å². The third kappa shape index (κ3) is 2.30. The molecule has 13 heavy (non-hydrogen) atoms. The van der Waals surface area contributed by atoms with E-state index >= 15 is 0 Å². The van der Waals surface area contributed by atoms with Gasteiger partial charge >= 0.3 is 5.97 Å². The number of carboxylic acid groups (broad SMARTS) is 1. The molecule has 0 spiro atoms. The molecule has 0 saturated heterocycles. The molecule has 0 aromatic heterocycles. The van der Waals surface area contributed by atoms with Crippen LogP contribution in [0.1, 0.15) is 10.4 Å². The fraction of sp³-hybridized carbons (Fsp3) is 0.111. The Morgan fingerprint density at radius 1 is 1.38 bits per heavy atom. The van der Waals surface area contributed by atoms with Crippen molar-refractivity contribution in [2.24, 2.45) is 0 Å². The molecule has 68 valence electrons. The molecular formula is C9H8O4. The summed E-state index contributed by atoms with van der Waals surface area (Å²) in [6.07, 6.45) is 0. The zero-order valence-corrected chi connectivity index (χ0v) is 6.98. The fourth-order valence-corrected chi connectivity index (χ4v) is 0.859. The van der Waals surface area contributed by atoms with Crippen LogP contribution in [0.15, 0.2) is 29.1 Å². The van der Waals surface area contributed by atoms with Gasteiger partial charge in [0.05, 0.1) is 12.7 Å². The number of ether oxygens (including phenoxy) is 1. The van der Waals surface area contributed by atoms with Gasteiger partial charge in [-0.3, -0.25) is 4.79 Å². The van der Waals surface area contributed by atoms with Crippen molar-refractivity contribution in [3.05, 3.63) is 40.1 Å². The van der Waals surface area contributed by atoms with Crippen LogP contribution < -0.4 is 10.2 Å². The van der Waals surface area contributed by atoms with Gasteiger partial charge in [-0.1, -0.05) is 0 Å². The van der Waals surface area contributed by atoms with E-state index in [-0.39, 0.29) is 11.0 Å². The smallest absolute Gasteiger partial charge is 0.335 e. The molecule has 0 fully saturated rings. The number of hydrogen-bond donors (Lipinski definition) is 1. The van der Waals surface area contributed by atoms with Gasteiger partial charge in [-0.25, -0.2) is 4.79 Å². The minimum Gasteiger partial charge on any atom is -0.497 e. The molecule has 1 aromatic carbocycles. The summed E-state index contributed by atoms with van der Waals surface area (Å²) >= 11 is 0. The molecule has 1 aromatic rings. The van der Waals surface area contributed by atoms with Gasteiger partial charge in [0.2, 0.25) is 0 Å². The Balaban J connectivity index is 3.38. The van der Waals surface area contributed by atoms with Crippen molar-refractivity contribution in [3.63, 3.8) is 0 Å². The first-order chi connectivity index (χ1) is 6.13. The number of carbonyl (C=O) groups is 1. The van der Waals surface area contributed by atoms with Crippen LogP contribution >= 0.6 is 0 Å². The first kappa shape index (κ1) is 9.25. The van der Waals surface area contributed by atoms with Crippen LogP contribution in [0.3, 0.4) is 0 Å². The van der Waals surface area contributed by atoms with Crippen LogP contribution in [0.2, 0.25) is 0 Å². The molecule has 0 heterocycles. The van der Waals surface area contributed by atoms with E-state index in [4.69, 9.17) is 9.84 Å². The van der Waals surface area contributed by atoms with E-state index in [0.717, 1.165) is 6.07 Å². The lowest BCUT2D eigenvalue weighted by Gasteiger charge is -1.93. The van der Waals surface area contributed by atoms with Crippen LogP contribution in [0.25, 0.3) is 0 Å². The fourth-order valence-electron chi connectivity index (χ4n) is 0.859. The molecule has 0 bridgehead atoms. The Kier molecular flexibility index (Phi) is 2.64. The number of rotatable bonds is 2. The van der Waals surface area contributed by atoms with Gasteiger partial charge in [-0.2, -0.15) is 0 Å². The Morgan fingerprint density at radius 3 is 2.62 bits per heavy atom. The molecule has 4 nitrogen and oxygen atoms in total. The maximum absolute atomic E-state index is 10.9. The monoisotopic (exact) mass is 180 g/mol. The summed E-state index contributed by atoms with van der Waals surface area (Å²) in [5.41, 5.74) is -0.437. The second-order valence-corrected chi connectivity index (χ2v) is 2.39. The highest BCUT2D eigenvalue weighted by molar-refractivity contribution is 5.87. The van der Waals surface area contributed by atoms with Crippen LogP contribution in [0, 0.1) is 0 Å². The lowest BCUT2D eigenvalue weighted by molar-refractivity contribution is 0.0696. The topological polar surface area (TPSA) is 63.6 Å². The number of methoxy groups -OCH3 is 1. The minimum absolute atomic E-state index is 0.0770. The summed E-state index contributed by atoms with van der Waals surface area (Å²) in [5, 5.41) is 8.65. The minimum atomic E-state index is -1.15. The van der Waals surface area contributed by atoms with Crippen molar-refractivity contribution >= 4 is 5.97 Å². The normalized spacial score (nSPS) is 9.31. The molecule has 0 aliphatic heterocycles. The van der Waals surface area contributed by atoms with E-state index in [1.807, 2.05) is 0 Å². The SMILES string of the molecule is COc1ccc(=O)cc(C(=O)O)c1. The molecule has 0 aliphatic rings. The highest BCUT2D eigenvalue weighted by Crippen LogP contribution is 2.08. The molecule has 1 rings (SSSR count). The third-order valence-electron chi connectivity index (χ3n) is 1.49. The number of aromatic carboxylic acids is 1. The van der Waals surface area contributed by atoms with E-state index in [2.05, 4.69) is 0 Å². The Morgan fingerprint density at radius 2 is 2.08 bits per heavy atom. The van der Waals surface area contributed by atoms with Gasteiger partial charge in [0.15, 0.2) is 5.43 Å². The second-order valence-electron chi connectivity index (χ2n) is 2.39. The van der Waals surface area contributed by atoms with Crippen LogP contribution in [0.5, 0.6) is 5.75 Å². The summed E-state index contributed by atoms with van der Waals surface area (Å²) in [4.78, 5) is 21.5. The van der Waals surface area contributed by atoms with Crippen LogP contribution in [0.4, 0.5) is 0 Å². The lowest BCUT2D eigenvalue weighted by atomic mass is 10.3. The predicted octanol–water partition coefficient (Wildman–Crippen LogP) is 0.754. The highest BCUT2D eigenvalue weighted by Gasteiger charge is 2.03. The van der Waals surface area contributed by atoms with Gasteiger partial charge in [0.1, 0.15) is 5.75 Å². The van der Waals surface area contributed by atoms with Crippen molar-refractivity contribution < 1.29 is 14.6 Å². The maximum atomic E-state index is 10.9. The summed E-state index contributed by atoms with van der Waals surface area (Å²) in [6, 6.07) is 5.02. The molecule has 0 unspecified atom stereocenters. The van der Waals surface area contributed by atoms with Crippen molar-refractivity contribution in [2.75, 3.05) is 7.11 Å². The van der Waals surface area contributed by atoms with E-state index in [0.29, 0.717) is 5.75 Å². The van der Waals surface area contributed by atoms with Gasteiger partial charge in [-0.05, 0) is 18.2 Å². The molecule has 0 aliphatic carbocycles. The van der Waals surface area contributed by atoms with E-state index in [9.17, 15) is 9.59 Å². The maximum Gasteiger partial charge on any atom is 0.335 e. The summed E-state index contributed by atoms with van der Waals surface area (Å²) in [5.74, 6) is -0.800. The quantitative estimate of drug-likeness (QED) is 0.729. The average molecular weight is 180 g/mol. The van der Waals surface area contributed by atoms with Crippen molar-refractivity contribution in [2.45, 2.75) is 0 Å². The van der Waals surface area contributed by atoms with Gasteiger partial charge < -0.3 is 9.84 Å². The average Bonchev–Trinajstić information content (AvgIpc) is 2.27. The summed E-state index contributed by atoms with van der Waals surface area (Å²) < 4.78 is 4.82.